The summed E-state index contributed by atoms with van der Waals surface area (Å²) in [6, 6.07) is 17.4. The molecule has 234 valence electrons. The Morgan fingerprint density at radius 2 is 1.76 bits per heavy atom. The summed E-state index contributed by atoms with van der Waals surface area (Å²) in [5, 5.41) is 6.82. The van der Waals surface area contributed by atoms with E-state index in [9.17, 15) is 18.4 Å². The first-order valence-electron chi connectivity index (χ1n) is 14.8. The minimum absolute atomic E-state index is 0.0580. The molecule has 1 fully saturated rings. The lowest BCUT2D eigenvalue weighted by molar-refractivity contribution is 0.0955. The molecule has 2 N–H and O–H groups in total. The van der Waals surface area contributed by atoms with Gasteiger partial charge in [0.2, 0.25) is 5.95 Å². The maximum atomic E-state index is 13.6. The minimum Gasteiger partial charge on any atom is -0.369 e. The zero-order valence-corrected chi connectivity index (χ0v) is 25.2. The van der Waals surface area contributed by atoms with Crippen LogP contribution in [0.5, 0.6) is 0 Å². The fraction of sp³-hybridized carbons (Fsp3) is 0.206. The average molecular weight is 623 g/mol. The lowest BCUT2D eigenvalue weighted by atomic mass is 10.1. The van der Waals surface area contributed by atoms with Crippen molar-refractivity contribution in [3.63, 3.8) is 0 Å². The van der Waals surface area contributed by atoms with E-state index in [1.807, 2.05) is 36.4 Å². The predicted octanol–water partition coefficient (Wildman–Crippen LogP) is 4.45. The van der Waals surface area contributed by atoms with Crippen molar-refractivity contribution in [2.75, 3.05) is 50.0 Å². The summed E-state index contributed by atoms with van der Waals surface area (Å²) in [5.41, 5.74) is 3.41. The third-order valence-corrected chi connectivity index (χ3v) is 7.77. The number of benzene rings is 3. The van der Waals surface area contributed by atoms with Crippen LogP contribution in [-0.4, -0.2) is 70.1 Å². The minimum atomic E-state index is -1.02. The van der Waals surface area contributed by atoms with E-state index in [-0.39, 0.29) is 18.7 Å². The zero-order valence-electron chi connectivity index (χ0n) is 25.2. The molecule has 5 aromatic rings. The van der Waals surface area contributed by atoms with Gasteiger partial charge in [0.25, 0.3) is 11.5 Å². The standard InChI is InChI=1S/C34H32F2N8O2/c1-42-13-15-43(16-14-42)27-8-6-26(7-9-27)40-34-39-19-25-17-23(5-11-31(25)41-34)3-2-12-38-32(45)28-20-37-22-44(33(28)46)21-24-4-10-29(35)30(36)18-24/h2-11,17-20,22H,12-16,21H2,1H3,(H,38,45)(H,39,40,41)/b3-2+. The Morgan fingerprint density at radius 1 is 0.957 bits per heavy atom. The van der Waals surface area contributed by atoms with Crippen molar-refractivity contribution < 1.29 is 13.6 Å². The van der Waals surface area contributed by atoms with Crippen molar-refractivity contribution in [1.29, 1.82) is 0 Å². The van der Waals surface area contributed by atoms with Gasteiger partial charge in [0.05, 0.1) is 18.4 Å². The number of nitrogens with one attached hydrogen (secondary N) is 2. The maximum absolute atomic E-state index is 13.6. The molecule has 0 spiro atoms. The molecule has 0 aliphatic carbocycles. The Kier molecular flexibility index (Phi) is 9.06. The van der Waals surface area contributed by atoms with E-state index >= 15 is 0 Å². The molecule has 3 aromatic carbocycles. The zero-order chi connectivity index (χ0) is 32.0. The molecule has 1 aliphatic heterocycles. The molecule has 6 rings (SSSR count). The van der Waals surface area contributed by atoms with Gasteiger partial charge < -0.3 is 20.4 Å². The number of anilines is 3. The van der Waals surface area contributed by atoms with E-state index in [2.05, 4.69) is 54.6 Å². The first-order chi connectivity index (χ1) is 22.3. The molecule has 0 radical (unpaired) electrons. The quantitative estimate of drug-likeness (QED) is 0.248. The molecule has 1 amide bonds. The number of halogens is 2. The van der Waals surface area contributed by atoms with Crippen LogP contribution in [0.1, 0.15) is 21.5 Å². The average Bonchev–Trinajstić information content (AvgIpc) is 3.06. The Hall–Kier alpha value is -5.49. The number of rotatable bonds is 9. The summed E-state index contributed by atoms with van der Waals surface area (Å²) >= 11 is 0. The van der Waals surface area contributed by atoms with Gasteiger partial charge in [-0.05, 0) is 66.7 Å². The van der Waals surface area contributed by atoms with Crippen molar-refractivity contribution >= 4 is 40.2 Å². The van der Waals surface area contributed by atoms with Crippen LogP contribution in [-0.2, 0) is 6.54 Å². The monoisotopic (exact) mass is 622 g/mol. The predicted molar refractivity (Wildman–Crippen MR) is 174 cm³/mol. The van der Waals surface area contributed by atoms with Gasteiger partial charge in [0.1, 0.15) is 5.56 Å². The highest BCUT2D eigenvalue weighted by atomic mass is 19.2. The summed E-state index contributed by atoms with van der Waals surface area (Å²) in [6.07, 6.45) is 7.79. The van der Waals surface area contributed by atoms with E-state index in [1.54, 1.807) is 12.3 Å². The number of aromatic nitrogens is 4. The van der Waals surface area contributed by atoms with Gasteiger partial charge >= 0.3 is 0 Å². The number of carbonyl (C=O) groups is 1. The summed E-state index contributed by atoms with van der Waals surface area (Å²) in [6.45, 7) is 4.26. The van der Waals surface area contributed by atoms with Crippen molar-refractivity contribution in [2.45, 2.75) is 6.54 Å². The number of hydrogen-bond donors (Lipinski definition) is 2. The van der Waals surface area contributed by atoms with Crippen molar-refractivity contribution in [3.05, 3.63) is 124 Å². The van der Waals surface area contributed by atoms with Crippen LogP contribution >= 0.6 is 0 Å². The molecule has 0 unspecified atom stereocenters. The van der Waals surface area contributed by atoms with Crippen LogP contribution in [0.4, 0.5) is 26.1 Å². The van der Waals surface area contributed by atoms with Gasteiger partial charge in [-0.2, -0.15) is 0 Å². The molecule has 1 aliphatic rings. The van der Waals surface area contributed by atoms with E-state index in [1.165, 1.54) is 28.8 Å². The topological polar surface area (TPSA) is 108 Å². The normalized spacial score (nSPS) is 13.8. The van der Waals surface area contributed by atoms with E-state index < -0.39 is 23.1 Å². The van der Waals surface area contributed by atoms with Crippen molar-refractivity contribution in [2.24, 2.45) is 0 Å². The van der Waals surface area contributed by atoms with Gasteiger partial charge in [-0.3, -0.25) is 14.2 Å². The molecule has 46 heavy (non-hydrogen) atoms. The van der Waals surface area contributed by atoms with Crippen LogP contribution in [0.3, 0.4) is 0 Å². The van der Waals surface area contributed by atoms with E-state index in [4.69, 9.17) is 0 Å². The van der Waals surface area contributed by atoms with Gasteiger partial charge in [0.15, 0.2) is 11.6 Å². The number of likely N-dealkylation sites (N-methyl/N-ethyl adjacent to an activating group) is 1. The van der Waals surface area contributed by atoms with E-state index in [0.717, 1.165) is 60.5 Å². The van der Waals surface area contributed by atoms with Gasteiger partial charge in [-0.25, -0.2) is 23.7 Å². The second kappa shape index (κ2) is 13.7. The van der Waals surface area contributed by atoms with E-state index in [0.29, 0.717) is 11.5 Å². The van der Waals surface area contributed by atoms with Crippen LogP contribution in [0.2, 0.25) is 0 Å². The highest BCUT2D eigenvalue weighted by molar-refractivity contribution is 5.93. The number of hydrogen-bond acceptors (Lipinski definition) is 8. The van der Waals surface area contributed by atoms with Crippen LogP contribution in [0.15, 0.2) is 90.3 Å². The number of nitrogens with zero attached hydrogens (tertiary/aromatic N) is 6. The second-order valence-electron chi connectivity index (χ2n) is 11.1. The maximum Gasteiger partial charge on any atom is 0.266 e. The molecule has 0 saturated carbocycles. The highest BCUT2D eigenvalue weighted by Gasteiger charge is 2.15. The third-order valence-electron chi connectivity index (χ3n) is 7.77. The fourth-order valence-electron chi connectivity index (χ4n) is 5.16. The van der Waals surface area contributed by atoms with Gasteiger partial charge in [-0.15, -0.1) is 0 Å². The first kappa shape index (κ1) is 30.5. The summed E-state index contributed by atoms with van der Waals surface area (Å²) < 4.78 is 28.0. The van der Waals surface area contributed by atoms with Crippen LogP contribution in [0, 0.1) is 11.6 Å². The first-order valence-corrected chi connectivity index (χ1v) is 14.8. The number of fused-ring (bicyclic) bond motifs is 1. The van der Waals surface area contributed by atoms with Gasteiger partial charge in [-0.1, -0.05) is 24.3 Å². The SMILES string of the molecule is CN1CCN(c2ccc(Nc3ncc4cc(/C=C/CNC(=O)c5cncn(Cc6ccc(F)c(F)c6)c5=O)ccc4n3)cc2)CC1. The molecular formula is C34H32F2N8O2. The number of amides is 1. The lowest BCUT2D eigenvalue weighted by Crippen LogP contribution is -2.44. The fourth-order valence-corrected chi connectivity index (χ4v) is 5.16. The molecule has 3 heterocycles. The second-order valence-corrected chi connectivity index (χ2v) is 11.1. The Labute approximate surface area is 264 Å². The van der Waals surface area contributed by atoms with Crippen LogP contribution in [0.25, 0.3) is 17.0 Å². The molecule has 10 nitrogen and oxygen atoms in total. The Bertz CT molecular complexity index is 1950. The summed E-state index contributed by atoms with van der Waals surface area (Å²) in [4.78, 5) is 43.3. The van der Waals surface area contributed by atoms with Gasteiger partial charge in [0, 0.05) is 61.9 Å². The van der Waals surface area contributed by atoms with Crippen molar-refractivity contribution in [1.82, 2.24) is 29.7 Å². The highest BCUT2D eigenvalue weighted by Crippen LogP contribution is 2.22. The van der Waals surface area contributed by atoms with Crippen LogP contribution < -0.4 is 21.1 Å². The Balaban J connectivity index is 1.03. The molecule has 0 bridgehead atoms. The number of piperazine rings is 1. The molecule has 0 atom stereocenters. The molecule has 2 aromatic heterocycles. The summed E-state index contributed by atoms with van der Waals surface area (Å²) in [5.74, 6) is -2.08. The largest absolute Gasteiger partial charge is 0.369 e. The summed E-state index contributed by atoms with van der Waals surface area (Å²) in [7, 11) is 2.15. The third kappa shape index (κ3) is 7.24. The number of carbonyl (C=O) groups excluding carboxylic acids is 1. The Morgan fingerprint density at radius 3 is 2.54 bits per heavy atom. The lowest BCUT2D eigenvalue weighted by Gasteiger charge is -2.34. The molecule has 1 saturated heterocycles. The molecular weight excluding hydrogens is 590 g/mol. The smallest absolute Gasteiger partial charge is 0.266 e. The van der Waals surface area contributed by atoms with Crippen molar-refractivity contribution in [3.8, 4) is 0 Å². The molecule has 12 heteroatoms.